The van der Waals surface area contributed by atoms with Gasteiger partial charge in [-0.3, -0.25) is 0 Å². The first-order valence-corrected chi connectivity index (χ1v) is 18.8. The van der Waals surface area contributed by atoms with E-state index in [0.29, 0.717) is 0 Å². The van der Waals surface area contributed by atoms with Crippen LogP contribution in [0.2, 0.25) is 0 Å². The lowest BCUT2D eigenvalue weighted by molar-refractivity contribution is 0.812. The molecular formula is C53H36. The molecule has 9 aromatic rings. The van der Waals surface area contributed by atoms with Gasteiger partial charge in [0.25, 0.3) is 0 Å². The van der Waals surface area contributed by atoms with Gasteiger partial charge >= 0.3 is 0 Å². The van der Waals surface area contributed by atoms with Gasteiger partial charge in [0.1, 0.15) is 0 Å². The molecule has 2 aliphatic rings. The first-order chi connectivity index (χ1) is 26.3. The number of benzene rings is 9. The van der Waals surface area contributed by atoms with Gasteiger partial charge in [0.05, 0.1) is 0 Å². The Kier molecular flexibility index (Phi) is 6.85. The molecule has 0 aliphatic heterocycles. The Balaban J connectivity index is 1.19. The van der Waals surface area contributed by atoms with E-state index in [2.05, 4.69) is 188 Å². The minimum Gasteiger partial charge on any atom is -0.0682 e. The van der Waals surface area contributed by atoms with Gasteiger partial charge in [0.2, 0.25) is 0 Å². The van der Waals surface area contributed by atoms with Crippen LogP contribution in [0, 0.1) is 0 Å². The average molecular weight is 673 g/mol. The van der Waals surface area contributed by atoms with Crippen molar-refractivity contribution in [2.45, 2.75) is 18.8 Å². The van der Waals surface area contributed by atoms with Gasteiger partial charge in [0, 0.05) is 5.92 Å². The summed E-state index contributed by atoms with van der Waals surface area (Å²) in [6, 6.07) is 67.7. The van der Waals surface area contributed by atoms with Crippen LogP contribution in [0.1, 0.15) is 39.3 Å². The third-order valence-corrected chi connectivity index (χ3v) is 11.9. The molecule has 2 aliphatic carbocycles. The highest BCUT2D eigenvalue weighted by atomic mass is 14.3. The summed E-state index contributed by atoms with van der Waals surface area (Å²) in [7, 11) is 0. The van der Waals surface area contributed by atoms with Crippen molar-refractivity contribution in [3.05, 3.63) is 221 Å². The predicted molar refractivity (Wildman–Crippen MR) is 224 cm³/mol. The zero-order valence-electron chi connectivity index (χ0n) is 29.4. The molecular weight excluding hydrogens is 637 g/mol. The van der Waals surface area contributed by atoms with E-state index in [1.165, 1.54) is 105 Å². The van der Waals surface area contributed by atoms with E-state index < -0.39 is 0 Å². The lowest BCUT2D eigenvalue weighted by atomic mass is 9.76. The average Bonchev–Trinajstić information content (AvgIpc) is 3.62. The van der Waals surface area contributed by atoms with Gasteiger partial charge in [-0.05, 0) is 117 Å². The van der Waals surface area contributed by atoms with Crippen molar-refractivity contribution in [1.82, 2.24) is 0 Å². The van der Waals surface area contributed by atoms with Crippen LogP contribution in [0.5, 0.6) is 0 Å². The molecule has 9 aromatic carbocycles. The van der Waals surface area contributed by atoms with Crippen LogP contribution in [0.25, 0.3) is 71.3 Å². The predicted octanol–water partition coefficient (Wildman–Crippen LogP) is 13.8. The first-order valence-electron chi connectivity index (χ1n) is 18.8. The maximum absolute atomic E-state index is 2.56. The van der Waals surface area contributed by atoms with Crippen LogP contribution in [0.15, 0.2) is 188 Å². The minimum atomic E-state index is 0.277. The molecule has 0 aromatic heterocycles. The summed E-state index contributed by atoms with van der Waals surface area (Å²) in [5, 5.41) is 7.73. The molecule has 0 fully saturated rings. The second-order valence-corrected chi connectivity index (χ2v) is 14.7. The van der Waals surface area contributed by atoms with Crippen LogP contribution in [0.3, 0.4) is 0 Å². The second-order valence-electron chi connectivity index (χ2n) is 14.7. The zero-order chi connectivity index (χ0) is 34.9. The van der Waals surface area contributed by atoms with Crippen LogP contribution < -0.4 is 0 Å². The Labute approximate surface area is 310 Å². The van der Waals surface area contributed by atoms with Gasteiger partial charge in [-0.1, -0.05) is 188 Å². The normalized spacial score (nSPS) is 14.6. The van der Waals surface area contributed by atoms with E-state index in [-0.39, 0.29) is 5.92 Å². The van der Waals surface area contributed by atoms with Crippen molar-refractivity contribution in [3.63, 3.8) is 0 Å². The van der Waals surface area contributed by atoms with Crippen LogP contribution >= 0.6 is 0 Å². The Morgan fingerprint density at radius 3 is 1.64 bits per heavy atom. The molecule has 0 saturated carbocycles. The van der Waals surface area contributed by atoms with Crippen LogP contribution in [-0.2, 0) is 12.8 Å². The molecule has 53 heavy (non-hydrogen) atoms. The van der Waals surface area contributed by atoms with E-state index in [1.807, 2.05) is 0 Å². The number of hydrogen-bond acceptors (Lipinski definition) is 0. The summed E-state index contributed by atoms with van der Waals surface area (Å²) in [6.45, 7) is 0. The van der Waals surface area contributed by atoms with Crippen LogP contribution in [-0.4, -0.2) is 0 Å². The SMILES string of the molecule is C1=C(c2ccccc2)c2ccccc2CC1c1ccc(-c2c3ccccc3c(-c3cccc4ccccc34)c3ccccc23)c2c1Cc1ccccc1-2. The molecule has 1 unspecified atom stereocenters. The molecule has 0 heteroatoms. The summed E-state index contributed by atoms with van der Waals surface area (Å²) in [5.74, 6) is 0.277. The van der Waals surface area contributed by atoms with Gasteiger partial charge in [-0.25, -0.2) is 0 Å². The molecule has 0 amide bonds. The third kappa shape index (κ3) is 4.69. The fourth-order valence-electron chi connectivity index (χ4n) is 9.60. The standard InChI is InChI=1S/C53H36/c1-2-15-35(16-3-1)49-33-38(31-36-18-5-8-22-40(36)49)41-29-30-48(51-42-23-9-6-19-37(42)32-50(41)51)53-46-26-12-10-24-44(46)52(45-25-11-13-27-47(45)53)43-28-14-20-34-17-4-7-21-39(34)43/h1-30,33,38H,31-32H2. The highest BCUT2D eigenvalue weighted by Crippen LogP contribution is 2.52. The molecule has 1 atom stereocenters. The number of fused-ring (bicyclic) bond motifs is 7. The minimum absolute atomic E-state index is 0.277. The molecule has 11 rings (SSSR count). The summed E-state index contributed by atoms with van der Waals surface area (Å²) < 4.78 is 0. The Bertz CT molecular complexity index is 2880. The quantitative estimate of drug-likeness (QED) is 0.163. The summed E-state index contributed by atoms with van der Waals surface area (Å²) in [4.78, 5) is 0. The summed E-state index contributed by atoms with van der Waals surface area (Å²) >= 11 is 0. The Morgan fingerprint density at radius 1 is 0.358 bits per heavy atom. The van der Waals surface area contributed by atoms with Crippen molar-refractivity contribution < 1.29 is 0 Å². The summed E-state index contributed by atoms with van der Waals surface area (Å²) in [6.07, 6.45) is 4.51. The van der Waals surface area contributed by atoms with E-state index in [0.717, 1.165) is 12.8 Å². The van der Waals surface area contributed by atoms with E-state index >= 15 is 0 Å². The van der Waals surface area contributed by atoms with Crippen LogP contribution in [0.4, 0.5) is 0 Å². The van der Waals surface area contributed by atoms with E-state index in [4.69, 9.17) is 0 Å². The number of allylic oxidation sites excluding steroid dienone is 1. The van der Waals surface area contributed by atoms with Gasteiger partial charge in [0.15, 0.2) is 0 Å². The number of rotatable bonds is 4. The molecule has 0 heterocycles. The Morgan fingerprint density at radius 2 is 0.906 bits per heavy atom. The molecule has 0 nitrogen and oxygen atoms in total. The molecule has 0 radical (unpaired) electrons. The lowest BCUT2D eigenvalue weighted by Gasteiger charge is -2.27. The molecule has 0 saturated heterocycles. The van der Waals surface area contributed by atoms with Gasteiger partial charge in [-0.15, -0.1) is 0 Å². The highest BCUT2D eigenvalue weighted by molar-refractivity contribution is 6.24. The fourth-order valence-corrected chi connectivity index (χ4v) is 9.60. The third-order valence-electron chi connectivity index (χ3n) is 11.9. The topological polar surface area (TPSA) is 0 Å². The fraction of sp³-hybridized carbons (Fsp3) is 0.0566. The van der Waals surface area contributed by atoms with E-state index in [9.17, 15) is 0 Å². The lowest BCUT2D eigenvalue weighted by Crippen LogP contribution is -2.11. The number of hydrogen-bond donors (Lipinski definition) is 0. The molecule has 0 bridgehead atoms. The maximum atomic E-state index is 2.56. The zero-order valence-corrected chi connectivity index (χ0v) is 29.4. The van der Waals surface area contributed by atoms with Crippen molar-refractivity contribution in [2.75, 3.05) is 0 Å². The Hall–Kier alpha value is -6.50. The van der Waals surface area contributed by atoms with Gasteiger partial charge < -0.3 is 0 Å². The maximum Gasteiger partial charge on any atom is 0.00710 e. The van der Waals surface area contributed by atoms with Crippen molar-refractivity contribution in [2.24, 2.45) is 0 Å². The molecule has 0 spiro atoms. The largest absolute Gasteiger partial charge is 0.0682 e. The summed E-state index contributed by atoms with van der Waals surface area (Å²) in [5.41, 5.74) is 17.8. The van der Waals surface area contributed by atoms with Crippen molar-refractivity contribution >= 4 is 37.9 Å². The van der Waals surface area contributed by atoms with Crippen molar-refractivity contribution in [1.29, 1.82) is 0 Å². The first kappa shape index (κ1) is 30.2. The smallest absolute Gasteiger partial charge is 0.00710 e. The second kappa shape index (κ2) is 12.0. The van der Waals surface area contributed by atoms with Crippen molar-refractivity contribution in [3.8, 4) is 33.4 Å². The monoisotopic (exact) mass is 672 g/mol. The van der Waals surface area contributed by atoms with E-state index in [1.54, 1.807) is 0 Å². The molecule has 248 valence electrons. The highest BCUT2D eigenvalue weighted by Gasteiger charge is 2.31. The van der Waals surface area contributed by atoms with Gasteiger partial charge in [-0.2, -0.15) is 0 Å². The molecule has 0 N–H and O–H groups in total.